The predicted octanol–water partition coefficient (Wildman–Crippen LogP) is 3.85. The van der Waals surface area contributed by atoms with Gasteiger partial charge in [-0.15, -0.1) is 0 Å². The van der Waals surface area contributed by atoms with Crippen LogP contribution in [0.2, 0.25) is 0 Å². The number of benzene rings is 1. The highest BCUT2D eigenvalue weighted by atomic mass is 16.1. The fourth-order valence-electron chi connectivity index (χ4n) is 3.64. The summed E-state index contributed by atoms with van der Waals surface area (Å²) in [6, 6.07) is 11.8. The first-order chi connectivity index (χ1) is 12.1. The molecule has 2 aromatic rings. The van der Waals surface area contributed by atoms with E-state index < -0.39 is 0 Å². The van der Waals surface area contributed by atoms with Crippen molar-refractivity contribution in [3.63, 3.8) is 0 Å². The molecule has 3 rings (SSSR count). The van der Waals surface area contributed by atoms with E-state index in [4.69, 9.17) is 0 Å². The Labute approximate surface area is 150 Å². The number of nitrogens with one attached hydrogen (secondary N) is 1. The Morgan fingerprint density at radius 1 is 1.28 bits per heavy atom. The van der Waals surface area contributed by atoms with Gasteiger partial charge in [-0.05, 0) is 74.5 Å². The lowest BCUT2D eigenvalue weighted by atomic mass is 9.83. The second-order valence-electron chi connectivity index (χ2n) is 7.22. The predicted molar refractivity (Wildman–Crippen MR) is 102 cm³/mol. The van der Waals surface area contributed by atoms with E-state index in [9.17, 15) is 4.79 Å². The fraction of sp³-hybridized carbons (Fsp3) is 0.429. The van der Waals surface area contributed by atoms with Gasteiger partial charge in [0.1, 0.15) is 0 Å². The molecule has 1 N–H and O–H groups in total. The van der Waals surface area contributed by atoms with Crippen molar-refractivity contribution in [1.82, 2.24) is 9.88 Å². The molecule has 0 aliphatic carbocycles. The molecule has 0 bridgehead atoms. The molecule has 1 aromatic carbocycles. The van der Waals surface area contributed by atoms with E-state index >= 15 is 0 Å². The van der Waals surface area contributed by atoms with E-state index in [0.29, 0.717) is 5.56 Å². The minimum Gasteiger partial charge on any atom is -0.322 e. The second kappa shape index (κ2) is 8.26. The number of hydrogen-bond donors (Lipinski definition) is 1. The van der Waals surface area contributed by atoms with Gasteiger partial charge in [0.15, 0.2) is 0 Å². The van der Waals surface area contributed by atoms with Crippen LogP contribution in [0.3, 0.4) is 0 Å². The topological polar surface area (TPSA) is 45.2 Å². The number of nitrogens with zero attached hydrogens (tertiary/aromatic N) is 2. The zero-order valence-electron chi connectivity index (χ0n) is 15.1. The number of amides is 1. The third-order valence-electron chi connectivity index (χ3n) is 5.23. The highest BCUT2D eigenvalue weighted by Gasteiger charge is 2.23. The average Bonchev–Trinajstić information content (AvgIpc) is 2.63. The first kappa shape index (κ1) is 17.6. The van der Waals surface area contributed by atoms with Crippen LogP contribution in [0.4, 0.5) is 5.69 Å². The Kier molecular flexibility index (Phi) is 5.82. The lowest BCUT2D eigenvalue weighted by molar-refractivity contribution is 0.102. The van der Waals surface area contributed by atoms with E-state index in [0.717, 1.165) is 23.9 Å². The second-order valence-corrected chi connectivity index (χ2v) is 7.22. The molecular weight excluding hydrogens is 310 g/mol. The Morgan fingerprint density at radius 2 is 2.08 bits per heavy atom. The van der Waals surface area contributed by atoms with Crippen molar-refractivity contribution >= 4 is 11.6 Å². The van der Waals surface area contributed by atoms with E-state index in [2.05, 4.69) is 41.3 Å². The van der Waals surface area contributed by atoms with Crippen LogP contribution in [0.5, 0.6) is 0 Å². The molecule has 0 unspecified atom stereocenters. The average molecular weight is 337 g/mol. The van der Waals surface area contributed by atoms with Crippen molar-refractivity contribution in [2.45, 2.75) is 26.2 Å². The molecular formula is C21H27N3O. The molecule has 1 saturated heterocycles. The van der Waals surface area contributed by atoms with Gasteiger partial charge < -0.3 is 10.2 Å². The Bertz CT molecular complexity index is 684. The summed E-state index contributed by atoms with van der Waals surface area (Å²) in [6.45, 7) is 4.80. The van der Waals surface area contributed by atoms with Crippen molar-refractivity contribution in [3.8, 4) is 0 Å². The van der Waals surface area contributed by atoms with Gasteiger partial charge in [0.05, 0.1) is 5.56 Å². The zero-order chi connectivity index (χ0) is 17.6. The SMILES string of the molecule is C[C@H]1CN(C)CC[C@H]1CCc1ccc(NC(=O)c2cccnc2)cc1. The van der Waals surface area contributed by atoms with Crippen LogP contribution >= 0.6 is 0 Å². The molecule has 4 nitrogen and oxygen atoms in total. The molecule has 1 aliphatic heterocycles. The summed E-state index contributed by atoms with van der Waals surface area (Å²) in [6.07, 6.45) is 6.89. The maximum absolute atomic E-state index is 12.1. The number of anilines is 1. The molecule has 1 fully saturated rings. The molecule has 132 valence electrons. The van der Waals surface area contributed by atoms with Gasteiger partial charge in [0.2, 0.25) is 0 Å². The number of pyridine rings is 1. The van der Waals surface area contributed by atoms with Gasteiger partial charge in [-0.1, -0.05) is 19.1 Å². The number of likely N-dealkylation sites (tertiary alicyclic amines) is 1. The number of carbonyl (C=O) groups is 1. The molecule has 25 heavy (non-hydrogen) atoms. The van der Waals surface area contributed by atoms with Gasteiger partial charge in [-0.3, -0.25) is 9.78 Å². The monoisotopic (exact) mass is 337 g/mol. The highest BCUT2D eigenvalue weighted by molar-refractivity contribution is 6.03. The van der Waals surface area contributed by atoms with Crippen LogP contribution in [-0.2, 0) is 6.42 Å². The molecule has 0 spiro atoms. The first-order valence-corrected chi connectivity index (χ1v) is 9.10. The maximum atomic E-state index is 12.1. The largest absolute Gasteiger partial charge is 0.322 e. The van der Waals surface area contributed by atoms with Crippen molar-refractivity contribution in [2.24, 2.45) is 11.8 Å². The van der Waals surface area contributed by atoms with Gasteiger partial charge in [-0.2, -0.15) is 0 Å². The zero-order valence-corrected chi connectivity index (χ0v) is 15.1. The number of piperidine rings is 1. The normalized spacial score (nSPS) is 21.0. The molecule has 2 atom stereocenters. The summed E-state index contributed by atoms with van der Waals surface area (Å²) in [5.41, 5.74) is 2.73. The Balaban J connectivity index is 1.51. The number of rotatable bonds is 5. The van der Waals surface area contributed by atoms with E-state index in [-0.39, 0.29) is 5.91 Å². The van der Waals surface area contributed by atoms with Crippen LogP contribution in [0, 0.1) is 11.8 Å². The highest BCUT2D eigenvalue weighted by Crippen LogP contribution is 2.27. The van der Waals surface area contributed by atoms with Gasteiger partial charge in [-0.25, -0.2) is 0 Å². The summed E-state index contributed by atoms with van der Waals surface area (Å²) in [4.78, 5) is 18.5. The summed E-state index contributed by atoms with van der Waals surface area (Å²) >= 11 is 0. The van der Waals surface area contributed by atoms with E-state index in [1.54, 1.807) is 24.5 Å². The minimum absolute atomic E-state index is 0.124. The van der Waals surface area contributed by atoms with Gasteiger partial charge >= 0.3 is 0 Å². The number of carbonyl (C=O) groups excluding carboxylic acids is 1. The summed E-state index contributed by atoms with van der Waals surface area (Å²) in [5.74, 6) is 1.47. The van der Waals surface area contributed by atoms with Crippen LogP contribution in [0.1, 0.15) is 35.7 Å². The third kappa shape index (κ3) is 4.89. The molecule has 1 aliphatic rings. The summed E-state index contributed by atoms with van der Waals surface area (Å²) in [5, 5.41) is 2.92. The van der Waals surface area contributed by atoms with Crippen LogP contribution in [0.15, 0.2) is 48.8 Å². The maximum Gasteiger partial charge on any atom is 0.257 e. The number of aryl methyl sites for hydroxylation is 1. The van der Waals surface area contributed by atoms with Crippen molar-refractivity contribution < 1.29 is 4.79 Å². The molecule has 1 aromatic heterocycles. The van der Waals surface area contributed by atoms with Crippen LogP contribution in [-0.4, -0.2) is 35.9 Å². The third-order valence-corrected chi connectivity index (χ3v) is 5.23. The van der Waals surface area contributed by atoms with Crippen LogP contribution < -0.4 is 5.32 Å². The van der Waals surface area contributed by atoms with Crippen molar-refractivity contribution in [3.05, 3.63) is 59.9 Å². The van der Waals surface area contributed by atoms with Crippen molar-refractivity contribution in [1.29, 1.82) is 0 Å². The molecule has 0 radical (unpaired) electrons. The quantitative estimate of drug-likeness (QED) is 0.901. The summed E-state index contributed by atoms with van der Waals surface area (Å²) < 4.78 is 0. The minimum atomic E-state index is -0.124. The lowest BCUT2D eigenvalue weighted by Crippen LogP contribution is -2.36. The summed E-state index contributed by atoms with van der Waals surface area (Å²) in [7, 11) is 2.21. The molecule has 0 saturated carbocycles. The van der Waals surface area contributed by atoms with Gasteiger partial charge in [0, 0.05) is 24.6 Å². The molecule has 4 heteroatoms. The van der Waals surface area contributed by atoms with E-state index in [1.165, 1.54) is 31.5 Å². The number of hydrogen-bond acceptors (Lipinski definition) is 3. The number of aromatic nitrogens is 1. The Hall–Kier alpha value is -2.20. The lowest BCUT2D eigenvalue weighted by Gasteiger charge is -2.34. The fourth-order valence-corrected chi connectivity index (χ4v) is 3.64. The smallest absolute Gasteiger partial charge is 0.257 e. The first-order valence-electron chi connectivity index (χ1n) is 9.10. The van der Waals surface area contributed by atoms with Crippen LogP contribution in [0.25, 0.3) is 0 Å². The standard InChI is InChI=1S/C21H27N3O/c1-16-15-24(2)13-11-18(16)8-5-17-6-9-20(10-7-17)23-21(25)19-4-3-12-22-14-19/h3-4,6-7,9-10,12,14,16,18H,5,8,11,13,15H2,1-2H3,(H,23,25)/t16-,18+/m0/s1. The van der Waals surface area contributed by atoms with Gasteiger partial charge in [0.25, 0.3) is 5.91 Å². The van der Waals surface area contributed by atoms with E-state index in [1.807, 2.05) is 12.1 Å². The molecule has 2 heterocycles. The van der Waals surface area contributed by atoms with Crippen molar-refractivity contribution in [2.75, 3.05) is 25.5 Å². The molecule has 1 amide bonds. The Morgan fingerprint density at radius 3 is 2.76 bits per heavy atom.